The molecule has 2 rings (SSSR count). The molecule has 104 valence electrons. The lowest BCUT2D eigenvalue weighted by molar-refractivity contribution is 0.0934. The number of benzene rings is 1. The van der Waals surface area contributed by atoms with Crippen LogP contribution in [0.3, 0.4) is 0 Å². The molecule has 0 aliphatic rings. The fourth-order valence-electron chi connectivity index (χ4n) is 1.68. The molecule has 0 saturated carbocycles. The van der Waals surface area contributed by atoms with Crippen LogP contribution < -0.4 is 10.6 Å². The van der Waals surface area contributed by atoms with Gasteiger partial charge in [0.1, 0.15) is 17.3 Å². The van der Waals surface area contributed by atoms with Crippen molar-refractivity contribution in [1.29, 1.82) is 0 Å². The summed E-state index contributed by atoms with van der Waals surface area (Å²) in [5, 5.41) is 5.61. The second kappa shape index (κ2) is 6.10. The van der Waals surface area contributed by atoms with Crippen LogP contribution in [0.5, 0.6) is 0 Å². The van der Waals surface area contributed by atoms with Crippen LogP contribution in [0.4, 0.5) is 10.2 Å². The fraction of sp³-hybridized carbons (Fsp3) is 0.214. The summed E-state index contributed by atoms with van der Waals surface area (Å²) in [4.78, 5) is 20.0. The van der Waals surface area contributed by atoms with Gasteiger partial charge in [0.2, 0.25) is 0 Å². The second-order valence-electron chi connectivity index (χ2n) is 4.28. The molecular weight excluding hydrogens is 259 g/mol. The van der Waals surface area contributed by atoms with Gasteiger partial charge in [0.15, 0.2) is 0 Å². The quantitative estimate of drug-likeness (QED) is 0.896. The zero-order chi connectivity index (χ0) is 14.5. The third kappa shape index (κ3) is 3.28. The smallest absolute Gasteiger partial charge is 0.271 e. The number of nitrogens with one attached hydrogen (secondary N) is 2. The average molecular weight is 274 g/mol. The van der Waals surface area contributed by atoms with E-state index in [1.54, 1.807) is 19.2 Å². The second-order valence-corrected chi connectivity index (χ2v) is 4.28. The Balaban J connectivity index is 2.04. The van der Waals surface area contributed by atoms with Crippen LogP contribution in [0.15, 0.2) is 36.7 Å². The van der Waals surface area contributed by atoms with Crippen LogP contribution in [0.1, 0.15) is 29.0 Å². The van der Waals surface area contributed by atoms with Crippen molar-refractivity contribution < 1.29 is 9.18 Å². The topological polar surface area (TPSA) is 66.9 Å². The molecule has 2 aromatic rings. The van der Waals surface area contributed by atoms with Crippen LogP contribution in [-0.4, -0.2) is 22.9 Å². The third-order valence-electron chi connectivity index (χ3n) is 2.86. The molecule has 1 heterocycles. The van der Waals surface area contributed by atoms with E-state index in [-0.39, 0.29) is 23.5 Å². The van der Waals surface area contributed by atoms with Crippen molar-refractivity contribution in [3.05, 3.63) is 53.7 Å². The Morgan fingerprint density at radius 3 is 2.45 bits per heavy atom. The van der Waals surface area contributed by atoms with Crippen molar-refractivity contribution in [1.82, 2.24) is 15.3 Å². The van der Waals surface area contributed by atoms with E-state index in [2.05, 4.69) is 20.6 Å². The minimum absolute atomic E-state index is 0.234. The van der Waals surface area contributed by atoms with Crippen LogP contribution in [-0.2, 0) is 0 Å². The van der Waals surface area contributed by atoms with E-state index in [0.29, 0.717) is 5.82 Å². The Morgan fingerprint density at radius 2 is 1.90 bits per heavy atom. The maximum Gasteiger partial charge on any atom is 0.271 e. The van der Waals surface area contributed by atoms with Crippen LogP contribution >= 0.6 is 0 Å². The summed E-state index contributed by atoms with van der Waals surface area (Å²) >= 11 is 0. The van der Waals surface area contributed by atoms with E-state index in [0.717, 1.165) is 5.56 Å². The lowest BCUT2D eigenvalue weighted by atomic mass is 10.1. The van der Waals surface area contributed by atoms with E-state index in [4.69, 9.17) is 0 Å². The van der Waals surface area contributed by atoms with Crippen molar-refractivity contribution in [2.24, 2.45) is 0 Å². The van der Waals surface area contributed by atoms with Crippen LogP contribution in [0.25, 0.3) is 0 Å². The van der Waals surface area contributed by atoms with Crippen molar-refractivity contribution in [3.63, 3.8) is 0 Å². The number of nitrogens with zero attached hydrogens (tertiary/aromatic N) is 2. The van der Waals surface area contributed by atoms with Gasteiger partial charge in [-0.05, 0) is 24.6 Å². The first kappa shape index (κ1) is 13.9. The molecule has 0 bridgehead atoms. The number of amides is 1. The molecule has 1 unspecified atom stereocenters. The maximum absolute atomic E-state index is 12.8. The zero-order valence-electron chi connectivity index (χ0n) is 11.2. The van der Waals surface area contributed by atoms with Gasteiger partial charge in [-0.15, -0.1) is 0 Å². The van der Waals surface area contributed by atoms with Crippen LogP contribution in [0, 0.1) is 5.82 Å². The Labute approximate surface area is 116 Å². The molecule has 0 spiro atoms. The van der Waals surface area contributed by atoms with Gasteiger partial charge in [-0.3, -0.25) is 4.79 Å². The Bertz CT molecular complexity index is 583. The van der Waals surface area contributed by atoms with Gasteiger partial charge in [0.25, 0.3) is 5.91 Å². The first-order valence-corrected chi connectivity index (χ1v) is 6.16. The molecule has 0 fully saturated rings. The summed E-state index contributed by atoms with van der Waals surface area (Å²) in [6.07, 6.45) is 2.88. The number of rotatable bonds is 4. The summed E-state index contributed by atoms with van der Waals surface area (Å²) in [5.74, 6) is -0.0362. The fourth-order valence-corrected chi connectivity index (χ4v) is 1.68. The number of hydrogen-bond acceptors (Lipinski definition) is 4. The molecule has 0 saturated heterocycles. The number of halogens is 1. The van der Waals surface area contributed by atoms with E-state index in [1.807, 2.05) is 6.92 Å². The standard InChI is InChI=1S/C14H15FN4O/c1-9(10-3-5-11(15)6-4-10)19-14(20)12-7-18-13(16-2)8-17-12/h3-9H,1-2H3,(H,16,18)(H,19,20). The molecule has 20 heavy (non-hydrogen) atoms. The minimum Gasteiger partial charge on any atom is -0.372 e. The highest BCUT2D eigenvalue weighted by molar-refractivity contribution is 5.92. The van der Waals surface area contributed by atoms with Gasteiger partial charge >= 0.3 is 0 Å². The molecule has 0 aliphatic carbocycles. The average Bonchev–Trinajstić information content (AvgIpc) is 2.48. The summed E-state index contributed by atoms with van der Waals surface area (Å²) < 4.78 is 12.8. The minimum atomic E-state index is -0.322. The predicted octanol–water partition coefficient (Wildman–Crippen LogP) is 2.15. The molecule has 1 aromatic carbocycles. The Hall–Kier alpha value is -2.50. The number of carbonyl (C=O) groups is 1. The lowest BCUT2D eigenvalue weighted by Gasteiger charge is -2.13. The van der Waals surface area contributed by atoms with Gasteiger partial charge in [0.05, 0.1) is 18.4 Å². The van der Waals surface area contributed by atoms with Gasteiger partial charge in [0, 0.05) is 7.05 Å². The van der Waals surface area contributed by atoms with Gasteiger partial charge in [-0.1, -0.05) is 12.1 Å². The highest BCUT2D eigenvalue weighted by atomic mass is 19.1. The highest BCUT2D eigenvalue weighted by Crippen LogP contribution is 2.13. The first-order chi connectivity index (χ1) is 9.60. The lowest BCUT2D eigenvalue weighted by Crippen LogP contribution is -2.27. The van der Waals surface area contributed by atoms with Gasteiger partial charge in [-0.25, -0.2) is 14.4 Å². The largest absolute Gasteiger partial charge is 0.372 e. The highest BCUT2D eigenvalue weighted by Gasteiger charge is 2.13. The van der Waals surface area contributed by atoms with E-state index in [1.165, 1.54) is 24.5 Å². The maximum atomic E-state index is 12.8. The number of carbonyl (C=O) groups excluding carboxylic acids is 1. The molecule has 0 radical (unpaired) electrons. The molecule has 1 amide bonds. The Kier molecular flexibility index (Phi) is 4.24. The molecule has 0 aliphatic heterocycles. The van der Waals surface area contributed by atoms with Gasteiger partial charge < -0.3 is 10.6 Å². The number of hydrogen-bond donors (Lipinski definition) is 2. The molecule has 1 atom stereocenters. The number of aromatic nitrogens is 2. The summed E-state index contributed by atoms with van der Waals surface area (Å²) in [5.41, 5.74) is 1.05. The number of anilines is 1. The SMILES string of the molecule is CNc1cnc(C(=O)NC(C)c2ccc(F)cc2)cn1. The summed E-state index contributed by atoms with van der Waals surface area (Å²) in [6, 6.07) is 5.75. The van der Waals surface area contributed by atoms with Crippen molar-refractivity contribution in [3.8, 4) is 0 Å². The third-order valence-corrected chi connectivity index (χ3v) is 2.86. The molecule has 2 N–H and O–H groups in total. The summed E-state index contributed by atoms with van der Waals surface area (Å²) in [6.45, 7) is 1.82. The van der Waals surface area contributed by atoms with E-state index >= 15 is 0 Å². The van der Waals surface area contributed by atoms with E-state index < -0.39 is 0 Å². The predicted molar refractivity (Wildman–Crippen MR) is 73.9 cm³/mol. The molecule has 5 nitrogen and oxygen atoms in total. The molecule has 1 aromatic heterocycles. The van der Waals surface area contributed by atoms with Gasteiger partial charge in [-0.2, -0.15) is 0 Å². The molecular formula is C14H15FN4O. The zero-order valence-corrected chi connectivity index (χ0v) is 11.2. The van der Waals surface area contributed by atoms with E-state index in [9.17, 15) is 9.18 Å². The van der Waals surface area contributed by atoms with Crippen molar-refractivity contribution in [2.45, 2.75) is 13.0 Å². The monoisotopic (exact) mass is 274 g/mol. The van der Waals surface area contributed by atoms with Crippen LogP contribution in [0.2, 0.25) is 0 Å². The Morgan fingerprint density at radius 1 is 1.20 bits per heavy atom. The summed E-state index contributed by atoms with van der Waals surface area (Å²) in [7, 11) is 1.72. The first-order valence-electron chi connectivity index (χ1n) is 6.16. The molecule has 6 heteroatoms. The van der Waals surface area contributed by atoms with Crippen molar-refractivity contribution >= 4 is 11.7 Å². The van der Waals surface area contributed by atoms with Crippen molar-refractivity contribution in [2.75, 3.05) is 12.4 Å². The normalized spacial score (nSPS) is 11.8.